The Morgan fingerprint density at radius 1 is 1.38 bits per heavy atom. The second-order valence-corrected chi connectivity index (χ2v) is 6.91. The number of nitro benzene ring substituents is 1. The molecule has 24 heavy (non-hydrogen) atoms. The maximum absolute atomic E-state index is 12.6. The van der Waals surface area contributed by atoms with Crippen LogP contribution in [0.15, 0.2) is 33.6 Å². The fourth-order valence-corrected chi connectivity index (χ4v) is 3.84. The van der Waals surface area contributed by atoms with E-state index >= 15 is 0 Å². The predicted molar refractivity (Wildman–Crippen MR) is 84.7 cm³/mol. The lowest BCUT2D eigenvalue weighted by Gasteiger charge is -2.14. The van der Waals surface area contributed by atoms with Gasteiger partial charge in [0.15, 0.2) is 0 Å². The number of aryl methyl sites for hydroxylation is 2. The third kappa shape index (κ3) is 3.29. The summed E-state index contributed by atoms with van der Waals surface area (Å²) in [6.45, 7) is 5.07. The van der Waals surface area contributed by atoms with Crippen LogP contribution < -0.4 is 4.72 Å². The van der Waals surface area contributed by atoms with E-state index in [2.05, 4.69) is 4.72 Å². The minimum atomic E-state index is -4.13. The van der Waals surface area contributed by atoms with Crippen LogP contribution in [0.2, 0.25) is 0 Å². The van der Waals surface area contributed by atoms with Gasteiger partial charge in [-0.3, -0.25) is 10.1 Å². The first-order valence-corrected chi connectivity index (χ1v) is 8.42. The maximum Gasteiger partial charge on any atom is 0.288 e. The van der Waals surface area contributed by atoms with E-state index in [1.54, 1.807) is 32.9 Å². The Balaban J connectivity index is 2.45. The van der Waals surface area contributed by atoms with Gasteiger partial charge in [0.2, 0.25) is 10.0 Å². The highest BCUT2D eigenvalue weighted by atomic mass is 32.2. The number of nitrogens with one attached hydrogen (secondary N) is 1. The molecule has 0 amide bonds. The molecule has 0 aliphatic carbocycles. The van der Waals surface area contributed by atoms with Crippen molar-refractivity contribution in [3.8, 4) is 6.07 Å². The van der Waals surface area contributed by atoms with E-state index in [-0.39, 0.29) is 0 Å². The number of benzene rings is 1. The van der Waals surface area contributed by atoms with Gasteiger partial charge in [-0.25, -0.2) is 13.1 Å². The standard InChI is InChI=1S/C15H15N3O5S/c1-9-7-12(11(3)23-9)10(2)17-24(21,22)15-6-4-5-14(18(19)20)13(15)8-16/h4-7,10,17H,1-3H3/t10-/m1/s1. The van der Waals surface area contributed by atoms with Crippen molar-refractivity contribution in [2.45, 2.75) is 31.7 Å². The highest BCUT2D eigenvalue weighted by Crippen LogP contribution is 2.27. The zero-order valence-electron chi connectivity index (χ0n) is 13.2. The van der Waals surface area contributed by atoms with Gasteiger partial charge in [-0.05, 0) is 32.9 Å². The fraction of sp³-hybridized carbons (Fsp3) is 0.267. The summed E-state index contributed by atoms with van der Waals surface area (Å²) in [6, 6.07) is 6.16. The van der Waals surface area contributed by atoms with Gasteiger partial charge in [-0.2, -0.15) is 5.26 Å². The zero-order chi connectivity index (χ0) is 18.1. The van der Waals surface area contributed by atoms with E-state index < -0.39 is 37.1 Å². The average Bonchev–Trinajstić information content (AvgIpc) is 2.84. The second kappa shape index (κ2) is 6.43. The molecule has 0 aliphatic rings. The molecular weight excluding hydrogens is 334 g/mol. The van der Waals surface area contributed by atoms with Crippen molar-refractivity contribution in [3.05, 3.63) is 57.0 Å². The number of hydrogen-bond acceptors (Lipinski definition) is 6. The van der Waals surface area contributed by atoms with Crippen LogP contribution in [0.25, 0.3) is 0 Å². The molecule has 1 atom stereocenters. The van der Waals surface area contributed by atoms with Crippen LogP contribution in [-0.4, -0.2) is 13.3 Å². The molecule has 0 bridgehead atoms. The number of sulfonamides is 1. The highest BCUT2D eigenvalue weighted by molar-refractivity contribution is 7.89. The van der Waals surface area contributed by atoms with E-state index in [1.807, 2.05) is 0 Å². The Bertz CT molecular complexity index is 941. The lowest BCUT2D eigenvalue weighted by molar-refractivity contribution is -0.385. The van der Waals surface area contributed by atoms with Crippen LogP contribution >= 0.6 is 0 Å². The number of nitriles is 1. The molecule has 1 aromatic heterocycles. The molecule has 0 radical (unpaired) electrons. The van der Waals surface area contributed by atoms with Crippen molar-refractivity contribution in [1.82, 2.24) is 4.72 Å². The quantitative estimate of drug-likeness (QED) is 0.653. The van der Waals surface area contributed by atoms with Crippen LogP contribution in [0.1, 0.15) is 35.6 Å². The van der Waals surface area contributed by atoms with E-state index in [1.165, 1.54) is 6.07 Å². The zero-order valence-corrected chi connectivity index (χ0v) is 14.0. The Hall–Kier alpha value is -2.70. The van der Waals surface area contributed by atoms with Gasteiger partial charge in [0.1, 0.15) is 28.0 Å². The van der Waals surface area contributed by atoms with Gasteiger partial charge in [-0.1, -0.05) is 6.07 Å². The molecule has 0 unspecified atom stereocenters. The second-order valence-electron chi connectivity index (χ2n) is 5.23. The van der Waals surface area contributed by atoms with Gasteiger partial charge < -0.3 is 4.42 Å². The molecule has 2 rings (SSSR count). The highest BCUT2D eigenvalue weighted by Gasteiger charge is 2.28. The van der Waals surface area contributed by atoms with E-state index in [0.29, 0.717) is 17.1 Å². The summed E-state index contributed by atoms with van der Waals surface area (Å²) >= 11 is 0. The summed E-state index contributed by atoms with van der Waals surface area (Å²) in [7, 11) is -4.13. The Morgan fingerprint density at radius 2 is 2.04 bits per heavy atom. The Kier molecular flexibility index (Phi) is 4.73. The van der Waals surface area contributed by atoms with Gasteiger partial charge in [0, 0.05) is 17.7 Å². The molecule has 0 spiro atoms. The Labute approximate surface area is 138 Å². The van der Waals surface area contributed by atoms with Crippen LogP contribution in [0, 0.1) is 35.3 Å². The average molecular weight is 349 g/mol. The van der Waals surface area contributed by atoms with Gasteiger partial charge in [-0.15, -0.1) is 0 Å². The minimum absolute atomic E-state index is 0.427. The van der Waals surface area contributed by atoms with Crippen molar-refractivity contribution in [2.75, 3.05) is 0 Å². The molecule has 0 fully saturated rings. The third-order valence-corrected chi connectivity index (χ3v) is 5.06. The molecule has 126 valence electrons. The fourth-order valence-electron chi connectivity index (χ4n) is 2.45. The van der Waals surface area contributed by atoms with Crippen molar-refractivity contribution in [3.63, 3.8) is 0 Å². The summed E-state index contributed by atoms with van der Waals surface area (Å²) in [5, 5.41) is 20.1. The number of hydrogen-bond donors (Lipinski definition) is 1. The molecule has 0 saturated heterocycles. The molecule has 0 saturated carbocycles. The summed E-state index contributed by atoms with van der Waals surface area (Å²) in [5.41, 5.74) is -0.398. The molecule has 9 heteroatoms. The number of nitro groups is 1. The van der Waals surface area contributed by atoms with E-state index in [4.69, 9.17) is 9.68 Å². The number of rotatable bonds is 5. The maximum atomic E-state index is 12.6. The molecule has 0 aliphatic heterocycles. The molecular formula is C15H15N3O5S. The van der Waals surface area contributed by atoms with E-state index in [9.17, 15) is 18.5 Å². The summed E-state index contributed by atoms with van der Waals surface area (Å²) < 4.78 is 32.9. The topological polar surface area (TPSA) is 126 Å². The first-order chi connectivity index (χ1) is 11.2. The normalized spacial score (nSPS) is 12.6. The largest absolute Gasteiger partial charge is 0.466 e. The summed E-state index contributed by atoms with van der Waals surface area (Å²) in [4.78, 5) is 9.76. The van der Waals surface area contributed by atoms with Crippen LogP contribution in [0.5, 0.6) is 0 Å². The molecule has 8 nitrogen and oxygen atoms in total. The lowest BCUT2D eigenvalue weighted by Crippen LogP contribution is -2.27. The molecule has 1 heterocycles. The van der Waals surface area contributed by atoms with Gasteiger partial charge in [0.25, 0.3) is 5.69 Å². The van der Waals surface area contributed by atoms with E-state index in [0.717, 1.165) is 12.1 Å². The van der Waals surface area contributed by atoms with Crippen LogP contribution in [-0.2, 0) is 10.0 Å². The van der Waals surface area contributed by atoms with Crippen LogP contribution in [0.3, 0.4) is 0 Å². The van der Waals surface area contributed by atoms with Crippen molar-refractivity contribution >= 4 is 15.7 Å². The molecule has 1 aromatic carbocycles. The summed E-state index contributed by atoms with van der Waals surface area (Å²) in [6.07, 6.45) is 0. The van der Waals surface area contributed by atoms with Crippen molar-refractivity contribution in [2.24, 2.45) is 0 Å². The number of nitrogens with zero attached hydrogens (tertiary/aromatic N) is 2. The van der Waals surface area contributed by atoms with Crippen molar-refractivity contribution < 1.29 is 17.8 Å². The first-order valence-electron chi connectivity index (χ1n) is 6.94. The summed E-state index contributed by atoms with van der Waals surface area (Å²) in [5.74, 6) is 1.21. The van der Waals surface area contributed by atoms with Crippen molar-refractivity contribution in [1.29, 1.82) is 5.26 Å². The minimum Gasteiger partial charge on any atom is -0.466 e. The first kappa shape index (κ1) is 17.7. The molecule has 1 N–H and O–H groups in total. The predicted octanol–water partition coefficient (Wildman–Crippen LogP) is 2.72. The van der Waals surface area contributed by atoms with Gasteiger partial charge >= 0.3 is 0 Å². The number of furan rings is 1. The smallest absolute Gasteiger partial charge is 0.288 e. The molecule has 2 aromatic rings. The van der Waals surface area contributed by atoms with Crippen LogP contribution in [0.4, 0.5) is 5.69 Å². The Morgan fingerprint density at radius 3 is 2.54 bits per heavy atom. The third-order valence-electron chi connectivity index (χ3n) is 3.48. The lowest BCUT2D eigenvalue weighted by atomic mass is 10.1. The monoisotopic (exact) mass is 349 g/mol. The SMILES string of the molecule is Cc1cc([C@@H](C)NS(=O)(=O)c2cccc([N+](=O)[O-])c2C#N)c(C)o1. The van der Waals surface area contributed by atoms with Gasteiger partial charge in [0.05, 0.1) is 4.92 Å².